The van der Waals surface area contributed by atoms with Gasteiger partial charge in [-0.1, -0.05) is 17.7 Å². The lowest BCUT2D eigenvalue weighted by atomic mass is 10.2. The number of rotatable bonds is 7. The van der Waals surface area contributed by atoms with Gasteiger partial charge >= 0.3 is 0 Å². The minimum atomic E-state index is -0.414. The molecule has 5 heteroatoms. The standard InChI is InChI=1S/C13H18ClNO3/c1-3-17-12(18-4-2)9-15-13(16)10-6-5-7-11(14)8-10/h5-8,12H,3-4,9H2,1-2H3,(H,15,16). The van der Waals surface area contributed by atoms with Crippen LogP contribution in [0, 0.1) is 0 Å². The van der Waals surface area contributed by atoms with E-state index in [1.807, 2.05) is 13.8 Å². The van der Waals surface area contributed by atoms with Crippen LogP contribution in [0.15, 0.2) is 24.3 Å². The van der Waals surface area contributed by atoms with Gasteiger partial charge in [-0.25, -0.2) is 0 Å². The highest BCUT2D eigenvalue weighted by Gasteiger charge is 2.11. The zero-order chi connectivity index (χ0) is 13.4. The molecule has 18 heavy (non-hydrogen) atoms. The summed E-state index contributed by atoms with van der Waals surface area (Å²) in [5, 5.41) is 3.28. The van der Waals surface area contributed by atoms with Crippen LogP contribution in [0.4, 0.5) is 0 Å². The van der Waals surface area contributed by atoms with Gasteiger partial charge in [0, 0.05) is 23.8 Å². The first-order chi connectivity index (χ1) is 8.67. The fourth-order valence-corrected chi connectivity index (χ4v) is 1.64. The fourth-order valence-electron chi connectivity index (χ4n) is 1.45. The molecule has 0 saturated heterocycles. The summed E-state index contributed by atoms with van der Waals surface area (Å²) in [6.45, 7) is 5.15. The van der Waals surface area contributed by atoms with Crippen molar-refractivity contribution in [2.24, 2.45) is 0 Å². The molecule has 1 aromatic rings. The third-order valence-electron chi connectivity index (χ3n) is 2.22. The van der Waals surface area contributed by atoms with Gasteiger partial charge in [-0.15, -0.1) is 0 Å². The Morgan fingerprint density at radius 3 is 2.56 bits per heavy atom. The van der Waals surface area contributed by atoms with Crippen molar-refractivity contribution in [3.63, 3.8) is 0 Å². The van der Waals surface area contributed by atoms with E-state index in [1.165, 1.54) is 0 Å². The van der Waals surface area contributed by atoms with Crippen molar-refractivity contribution in [1.29, 1.82) is 0 Å². The summed E-state index contributed by atoms with van der Waals surface area (Å²) in [6.07, 6.45) is -0.414. The Bertz CT molecular complexity index is 378. The molecule has 0 atom stereocenters. The lowest BCUT2D eigenvalue weighted by molar-refractivity contribution is -0.131. The molecular weight excluding hydrogens is 254 g/mol. The first-order valence-electron chi connectivity index (χ1n) is 5.94. The summed E-state index contributed by atoms with van der Waals surface area (Å²) in [4.78, 5) is 11.8. The number of hydrogen-bond donors (Lipinski definition) is 1. The first-order valence-corrected chi connectivity index (χ1v) is 6.32. The highest BCUT2D eigenvalue weighted by Crippen LogP contribution is 2.10. The molecule has 0 unspecified atom stereocenters. The van der Waals surface area contributed by atoms with Crippen LogP contribution in [0.5, 0.6) is 0 Å². The minimum Gasteiger partial charge on any atom is -0.351 e. The zero-order valence-electron chi connectivity index (χ0n) is 10.6. The van der Waals surface area contributed by atoms with Gasteiger partial charge in [-0.3, -0.25) is 4.79 Å². The average Bonchev–Trinajstić information content (AvgIpc) is 2.36. The van der Waals surface area contributed by atoms with Crippen molar-refractivity contribution in [3.8, 4) is 0 Å². The molecule has 4 nitrogen and oxygen atoms in total. The molecule has 1 N–H and O–H groups in total. The molecule has 0 aliphatic carbocycles. The molecule has 0 fully saturated rings. The van der Waals surface area contributed by atoms with E-state index in [9.17, 15) is 4.79 Å². The quantitative estimate of drug-likeness (QED) is 0.775. The van der Waals surface area contributed by atoms with Gasteiger partial charge in [0.05, 0.1) is 6.54 Å². The van der Waals surface area contributed by atoms with E-state index < -0.39 is 6.29 Å². The van der Waals surface area contributed by atoms with Gasteiger partial charge in [-0.2, -0.15) is 0 Å². The summed E-state index contributed by atoms with van der Waals surface area (Å²) >= 11 is 5.82. The first kappa shape index (κ1) is 15.0. The Kier molecular flexibility index (Phi) is 6.72. The van der Waals surface area contributed by atoms with Crippen molar-refractivity contribution in [2.45, 2.75) is 20.1 Å². The number of halogens is 1. The molecule has 0 spiro atoms. The van der Waals surface area contributed by atoms with E-state index in [0.717, 1.165) is 0 Å². The summed E-state index contributed by atoms with van der Waals surface area (Å²) < 4.78 is 10.7. The number of benzene rings is 1. The topological polar surface area (TPSA) is 47.6 Å². The number of ether oxygens (including phenoxy) is 2. The second kappa shape index (κ2) is 8.08. The highest BCUT2D eigenvalue weighted by molar-refractivity contribution is 6.30. The Morgan fingerprint density at radius 2 is 2.00 bits per heavy atom. The van der Waals surface area contributed by atoms with E-state index in [4.69, 9.17) is 21.1 Å². The number of nitrogens with one attached hydrogen (secondary N) is 1. The molecule has 1 amide bonds. The number of carbonyl (C=O) groups excluding carboxylic acids is 1. The van der Waals surface area contributed by atoms with Crippen LogP contribution in [0.2, 0.25) is 5.02 Å². The molecule has 100 valence electrons. The maximum Gasteiger partial charge on any atom is 0.251 e. The lowest BCUT2D eigenvalue weighted by Gasteiger charge is -2.17. The Balaban J connectivity index is 2.49. The normalized spacial score (nSPS) is 10.7. The smallest absolute Gasteiger partial charge is 0.251 e. The average molecular weight is 272 g/mol. The molecule has 0 aliphatic heterocycles. The zero-order valence-corrected chi connectivity index (χ0v) is 11.4. The van der Waals surface area contributed by atoms with Crippen LogP contribution < -0.4 is 5.32 Å². The third kappa shape index (κ3) is 5.04. The van der Waals surface area contributed by atoms with Crippen molar-refractivity contribution < 1.29 is 14.3 Å². The molecule has 0 radical (unpaired) electrons. The molecule has 0 heterocycles. The highest BCUT2D eigenvalue weighted by atomic mass is 35.5. The predicted octanol–water partition coefficient (Wildman–Crippen LogP) is 2.47. The van der Waals surface area contributed by atoms with Crippen LogP contribution in [-0.4, -0.2) is 32.0 Å². The SMILES string of the molecule is CCOC(CNC(=O)c1cccc(Cl)c1)OCC. The minimum absolute atomic E-state index is 0.193. The number of carbonyl (C=O) groups is 1. The lowest BCUT2D eigenvalue weighted by Crippen LogP contribution is -2.35. The van der Waals surface area contributed by atoms with Gasteiger partial charge in [0.25, 0.3) is 5.91 Å². The van der Waals surface area contributed by atoms with Gasteiger partial charge in [-0.05, 0) is 32.0 Å². The van der Waals surface area contributed by atoms with Crippen LogP contribution in [0.3, 0.4) is 0 Å². The second-order valence-corrected chi connectivity index (χ2v) is 4.00. The fraction of sp³-hybridized carbons (Fsp3) is 0.462. The molecule has 1 rings (SSSR count). The number of amides is 1. The molecule has 1 aromatic carbocycles. The largest absolute Gasteiger partial charge is 0.351 e. The molecule has 0 bridgehead atoms. The van der Waals surface area contributed by atoms with Gasteiger partial charge < -0.3 is 14.8 Å². The van der Waals surface area contributed by atoms with Crippen LogP contribution in [-0.2, 0) is 9.47 Å². The summed E-state index contributed by atoms with van der Waals surface area (Å²) in [7, 11) is 0. The van der Waals surface area contributed by atoms with Gasteiger partial charge in [0.1, 0.15) is 0 Å². The van der Waals surface area contributed by atoms with Crippen LogP contribution in [0.1, 0.15) is 24.2 Å². The van der Waals surface area contributed by atoms with Crippen molar-refractivity contribution in [2.75, 3.05) is 19.8 Å². The van der Waals surface area contributed by atoms with Crippen LogP contribution in [0.25, 0.3) is 0 Å². The third-order valence-corrected chi connectivity index (χ3v) is 2.46. The van der Waals surface area contributed by atoms with Gasteiger partial charge in [0.15, 0.2) is 6.29 Å². The summed E-state index contributed by atoms with van der Waals surface area (Å²) in [5.41, 5.74) is 0.522. The molecule has 0 aromatic heterocycles. The predicted molar refractivity (Wildman–Crippen MR) is 70.8 cm³/mol. The summed E-state index contributed by atoms with van der Waals surface area (Å²) in [6, 6.07) is 6.78. The van der Waals surface area contributed by atoms with Crippen molar-refractivity contribution in [1.82, 2.24) is 5.32 Å². The second-order valence-electron chi connectivity index (χ2n) is 3.56. The maximum absolute atomic E-state index is 11.8. The Morgan fingerprint density at radius 1 is 1.33 bits per heavy atom. The van der Waals surface area contributed by atoms with Crippen molar-refractivity contribution >= 4 is 17.5 Å². The molecular formula is C13H18ClNO3. The number of hydrogen-bond acceptors (Lipinski definition) is 3. The maximum atomic E-state index is 11.8. The van der Waals surface area contributed by atoms with E-state index >= 15 is 0 Å². The van der Waals surface area contributed by atoms with E-state index in [-0.39, 0.29) is 5.91 Å². The Hall–Kier alpha value is -1.10. The van der Waals surface area contributed by atoms with Crippen molar-refractivity contribution in [3.05, 3.63) is 34.9 Å². The molecule has 0 aliphatic rings. The van der Waals surface area contributed by atoms with E-state index in [0.29, 0.717) is 30.3 Å². The van der Waals surface area contributed by atoms with E-state index in [2.05, 4.69) is 5.32 Å². The molecule has 0 saturated carbocycles. The Labute approximate surface area is 112 Å². The van der Waals surface area contributed by atoms with Gasteiger partial charge in [0.2, 0.25) is 0 Å². The van der Waals surface area contributed by atoms with E-state index in [1.54, 1.807) is 24.3 Å². The summed E-state index contributed by atoms with van der Waals surface area (Å²) in [5.74, 6) is -0.193. The monoisotopic (exact) mass is 271 g/mol. The van der Waals surface area contributed by atoms with Crippen LogP contribution >= 0.6 is 11.6 Å².